The number of aryl methyl sites for hydroxylation is 3. The lowest BCUT2D eigenvalue weighted by Gasteiger charge is -2.25. The number of methoxy groups -OCH3 is 1. The molecule has 0 saturated heterocycles. The first-order valence-electron chi connectivity index (χ1n) is 10.6. The summed E-state index contributed by atoms with van der Waals surface area (Å²) in [6.07, 6.45) is 0. The highest BCUT2D eigenvalue weighted by atomic mass is 32.2. The molecule has 0 saturated carbocycles. The van der Waals surface area contributed by atoms with Gasteiger partial charge in [-0.1, -0.05) is 47.5 Å². The van der Waals surface area contributed by atoms with Crippen LogP contribution in [0.4, 0.5) is 5.69 Å². The van der Waals surface area contributed by atoms with Crippen LogP contribution < -0.4 is 9.04 Å². The van der Waals surface area contributed by atoms with E-state index in [4.69, 9.17) is 9.15 Å². The Kier molecular flexibility index (Phi) is 6.24. The van der Waals surface area contributed by atoms with Gasteiger partial charge >= 0.3 is 0 Å². The van der Waals surface area contributed by atoms with Crippen molar-refractivity contribution >= 4 is 15.7 Å². The van der Waals surface area contributed by atoms with Gasteiger partial charge in [-0.25, -0.2) is 13.4 Å². The molecule has 3 aromatic carbocycles. The number of nitrogens with zero attached hydrogens (tertiary/aromatic N) is 2. The minimum absolute atomic E-state index is 0.00225. The van der Waals surface area contributed by atoms with Gasteiger partial charge in [-0.2, -0.15) is 0 Å². The maximum Gasteiger partial charge on any atom is 0.264 e. The molecule has 7 heteroatoms. The Morgan fingerprint density at radius 1 is 0.909 bits per heavy atom. The molecule has 6 nitrogen and oxygen atoms in total. The average Bonchev–Trinajstić information content (AvgIpc) is 3.18. The van der Waals surface area contributed by atoms with Crippen molar-refractivity contribution in [3.63, 3.8) is 0 Å². The van der Waals surface area contributed by atoms with Crippen molar-refractivity contribution in [2.45, 2.75) is 32.2 Å². The summed E-state index contributed by atoms with van der Waals surface area (Å²) < 4.78 is 40.2. The predicted octanol–water partition coefficient (Wildman–Crippen LogP) is 5.67. The molecule has 0 aliphatic rings. The molecule has 0 unspecified atom stereocenters. The van der Waals surface area contributed by atoms with Gasteiger partial charge in [-0.3, -0.25) is 4.31 Å². The second-order valence-corrected chi connectivity index (χ2v) is 9.75. The lowest BCUT2D eigenvalue weighted by molar-refractivity contribution is 0.415. The van der Waals surface area contributed by atoms with Crippen molar-refractivity contribution in [1.82, 2.24) is 4.98 Å². The Morgan fingerprint density at radius 2 is 1.64 bits per heavy atom. The van der Waals surface area contributed by atoms with Gasteiger partial charge in [0, 0.05) is 5.56 Å². The van der Waals surface area contributed by atoms with Crippen LogP contribution in [0.25, 0.3) is 11.5 Å². The molecule has 0 amide bonds. The van der Waals surface area contributed by atoms with Crippen molar-refractivity contribution in [2.75, 3.05) is 11.4 Å². The third-order valence-electron chi connectivity index (χ3n) is 5.41. The van der Waals surface area contributed by atoms with E-state index >= 15 is 0 Å². The van der Waals surface area contributed by atoms with E-state index in [1.165, 1.54) is 11.4 Å². The second-order valence-electron chi connectivity index (χ2n) is 7.89. The first-order valence-corrected chi connectivity index (χ1v) is 12.0. The number of benzene rings is 3. The number of anilines is 1. The minimum Gasteiger partial charge on any atom is -0.495 e. The van der Waals surface area contributed by atoms with E-state index in [9.17, 15) is 8.42 Å². The summed E-state index contributed by atoms with van der Waals surface area (Å²) >= 11 is 0. The number of oxazole rings is 1. The Bertz CT molecular complexity index is 1380. The number of hydrogen-bond donors (Lipinski definition) is 0. The van der Waals surface area contributed by atoms with Crippen molar-refractivity contribution in [3.8, 4) is 17.2 Å². The van der Waals surface area contributed by atoms with E-state index in [1.807, 2.05) is 38.1 Å². The Morgan fingerprint density at radius 3 is 2.33 bits per heavy atom. The monoisotopic (exact) mass is 462 g/mol. The molecule has 0 aliphatic carbocycles. The van der Waals surface area contributed by atoms with Crippen molar-refractivity contribution in [3.05, 3.63) is 95.4 Å². The van der Waals surface area contributed by atoms with Crippen LogP contribution in [-0.2, 0) is 16.6 Å². The maximum absolute atomic E-state index is 13.8. The second kappa shape index (κ2) is 9.11. The quantitative estimate of drug-likeness (QED) is 0.354. The largest absolute Gasteiger partial charge is 0.495 e. The Balaban J connectivity index is 1.80. The summed E-state index contributed by atoms with van der Waals surface area (Å²) in [7, 11) is -2.39. The number of sulfonamides is 1. The molecular weight excluding hydrogens is 436 g/mol. The van der Waals surface area contributed by atoms with Crippen molar-refractivity contribution in [2.24, 2.45) is 0 Å². The first-order chi connectivity index (χ1) is 15.8. The number of para-hydroxylation sites is 2. The zero-order chi connectivity index (χ0) is 23.6. The summed E-state index contributed by atoms with van der Waals surface area (Å²) in [6.45, 7) is 5.70. The third kappa shape index (κ3) is 4.64. The van der Waals surface area contributed by atoms with Crippen LogP contribution >= 0.6 is 0 Å². The standard InChI is InChI=1S/C26H26N2O4S/c1-18-12-14-22(15-13-18)33(29,30)28(24-10-5-6-11-25(24)31-4)17-23-20(3)32-26(27-23)21-9-7-8-19(2)16-21/h5-16H,17H2,1-4H3. The molecule has 0 aliphatic heterocycles. The number of hydrogen-bond acceptors (Lipinski definition) is 5. The first kappa shape index (κ1) is 22.6. The summed E-state index contributed by atoms with van der Waals surface area (Å²) in [5, 5.41) is 0. The topological polar surface area (TPSA) is 72.6 Å². The average molecular weight is 463 g/mol. The van der Waals surface area contributed by atoms with Crippen LogP contribution in [0.15, 0.2) is 82.1 Å². The smallest absolute Gasteiger partial charge is 0.264 e. The molecule has 4 rings (SSSR count). The molecule has 0 bridgehead atoms. The molecule has 33 heavy (non-hydrogen) atoms. The summed E-state index contributed by atoms with van der Waals surface area (Å²) in [4.78, 5) is 4.84. The van der Waals surface area contributed by atoms with E-state index < -0.39 is 10.0 Å². The normalized spacial score (nSPS) is 11.4. The van der Waals surface area contributed by atoms with Crippen molar-refractivity contribution in [1.29, 1.82) is 0 Å². The summed E-state index contributed by atoms with van der Waals surface area (Å²) in [6, 6.07) is 21.7. The van der Waals surface area contributed by atoms with Gasteiger partial charge in [0.2, 0.25) is 5.89 Å². The van der Waals surface area contributed by atoms with E-state index in [-0.39, 0.29) is 11.4 Å². The maximum atomic E-state index is 13.8. The molecule has 170 valence electrons. The summed E-state index contributed by atoms with van der Waals surface area (Å²) in [5.41, 5.74) is 3.87. The Hall–Kier alpha value is -3.58. The molecule has 0 spiro atoms. The molecule has 0 atom stereocenters. The lowest BCUT2D eigenvalue weighted by Crippen LogP contribution is -2.31. The number of aromatic nitrogens is 1. The molecular formula is C26H26N2O4S. The molecule has 1 heterocycles. The van der Waals surface area contributed by atoms with Gasteiger partial charge in [-0.05, 0) is 57.2 Å². The van der Waals surface area contributed by atoms with Crippen LogP contribution in [0.2, 0.25) is 0 Å². The fraction of sp³-hybridized carbons (Fsp3) is 0.192. The van der Waals surface area contributed by atoms with Gasteiger partial charge in [0.1, 0.15) is 17.2 Å². The fourth-order valence-corrected chi connectivity index (χ4v) is 5.02. The highest BCUT2D eigenvalue weighted by Crippen LogP contribution is 2.34. The summed E-state index contributed by atoms with van der Waals surface area (Å²) in [5.74, 6) is 1.47. The minimum atomic E-state index is -3.91. The fourth-order valence-electron chi connectivity index (χ4n) is 3.59. The number of rotatable bonds is 7. The zero-order valence-electron chi connectivity index (χ0n) is 19.1. The molecule has 0 fully saturated rings. The van der Waals surface area contributed by atoms with Crippen LogP contribution in [0.5, 0.6) is 5.75 Å². The lowest BCUT2D eigenvalue weighted by atomic mass is 10.1. The predicted molar refractivity (Wildman–Crippen MR) is 129 cm³/mol. The van der Waals surface area contributed by atoms with Gasteiger partial charge in [-0.15, -0.1) is 0 Å². The molecule has 4 aromatic rings. The van der Waals surface area contributed by atoms with Crippen LogP contribution in [0.3, 0.4) is 0 Å². The van der Waals surface area contributed by atoms with E-state index in [0.29, 0.717) is 28.8 Å². The van der Waals surface area contributed by atoms with Gasteiger partial charge in [0.25, 0.3) is 10.0 Å². The third-order valence-corrected chi connectivity index (χ3v) is 7.19. The van der Waals surface area contributed by atoms with Crippen molar-refractivity contribution < 1.29 is 17.6 Å². The van der Waals surface area contributed by atoms with Crippen LogP contribution in [0, 0.1) is 20.8 Å². The molecule has 0 radical (unpaired) electrons. The Labute approximate surface area is 194 Å². The van der Waals surface area contributed by atoms with Crippen LogP contribution in [0.1, 0.15) is 22.6 Å². The molecule has 1 aromatic heterocycles. The van der Waals surface area contributed by atoms with E-state index in [1.54, 1.807) is 55.5 Å². The van der Waals surface area contributed by atoms with E-state index in [0.717, 1.165) is 16.7 Å². The highest BCUT2D eigenvalue weighted by molar-refractivity contribution is 7.92. The van der Waals surface area contributed by atoms with Crippen LogP contribution in [-0.4, -0.2) is 20.5 Å². The SMILES string of the molecule is COc1ccccc1N(Cc1nc(-c2cccc(C)c2)oc1C)S(=O)(=O)c1ccc(C)cc1. The molecule has 0 N–H and O–H groups in total. The highest BCUT2D eigenvalue weighted by Gasteiger charge is 2.29. The van der Waals surface area contributed by atoms with E-state index in [2.05, 4.69) is 4.98 Å². The van der Waals surface area contributed by atoms with Gasteiger partial charge in [0.15, 0.2) is 0 Å². The van der Waals surface area contributed by atoms with Gasteiger partial charge in [0.05, 0.1) is 24.2 Å². The van der Waals surface area contributed by atoms with Gasteiger partial charge < -0.3 is 9.15 Å². The zero-order valence-corrected chi connectivity index (χ0v) is 19.9. The number of ether oxygens (including phenoxy) is 1.